The average Bonchev–Trinajstić information content (AvgIpc) is 2.63. The Kier molecular flexibility index (Phi) is 1.73. The van der Waals surface area contributed by atoms with Crippen molar-refractivity contribution in [2.75, 3.05) is 7.05 Å². The van der Waals surface area contributed by atoms with E-state index in [4.69, 9.17) is 0 Å². The smallest absolute Gasteiger partial charge is 0.271 e. The van der Waals surface area contributed by atoms with E-state index in [0.29, 0.717) is 5.69 Å². The van der Waals surface area contributed by atoms with Crippen molar-refractivity contribution in [3.05, 3.63) is 36.4 Å². The molecule has 0 aliphatic carbocycles. The van der Waals surface area contributed by atoms with Gasteiger partial charge in [0.15, 0.2) is 5.69 Å². The van der Waals surface area contributed by atoms with Gasteiger partial charge in [-0.05, 0) is 12.1 Å². The first-order valence-electron chi connectivity index (χ1n) is 3.96. The number of hydrogen-bond donors (Lipinski definition) is 1. The quantitative estimate of drug-likeness (QED) is 0.693. The Balaban J connectivity index is 2.67. The lowest BCUT2D eigenvalue weighted by Crippen LogP contribution is -2.19. The number of amides is 1. The van der Waals surface area contributed by atoms with Crippen molar-refractivity contribution >= 4 is 11.4 Å². The van der Waals surface area contributed by atoms with Crippen LogP contribution >= 0.6 is 0 Å². The van der Waals surface area contributed by atoms with E-state index < -0.39 is 0 Å². The Morgan fingerprint density at radius 3 is 3.15 bits per heavy atom. The lowest BCUT2D eigenvalue weighted by molar-refractivity contribution is 0.0959. The van der Waals surface area contributed by atoms with Crippen LogP contribution < -0.4 is 5.32 Å². The molecule has 2 rings (SSSR count). The fourth-order valence-electron chi connectivity index (χ4n) is 1.26. The van der Waals surface area contributed by atoms with Gasteiger partial charge in [0.05, 0.1) is 5.52 Å². The summed E-state index contributed by atoms with van der Waals surface area (Å²) in [5.74, 6) is -0.163. The molecule has 1 N–H and O–H groups in total. The molecule has 4 heteroatoms. The van der Waals surface area contributed by atoms with E-state index in [1.54, 1.807) is 13.2 Å². The fourth-order valence-corrected chi connectivity index (χ4v) is 1.26. The standard InChI is InChI=1S/C9H9N3O/c1-10-9(13)8-7-3-2-5-12(7)6-4-11-8/h2-6H,1H3,(H,10,13). The first kappa shape index (κ1) is 7.79. The van der Waals surface area contributed by atoms with Crippen molar-refractivity contribution < 1.29 is 4.79 Å². The Hall–Kier alpha value is -1.84. The third kappa shape index (κ3) is 1.16. The second-order valence-electron chi connectivity index (χ2n) is 2.66. The van der Waals surface area contributed by atoms with Gasteiger partial charge < -0.3 is 9.72 Å². The van der Waals surface area contributed by atoms with Crippen LogP contribution in [0.15, 0.2) is 30.7 Å². The molecule has 0 saturated heterocycles. The highest BCUT2D eigenvalue weighted by Crippen LogP contribution is 2.07. The van der Waals surface area contributed by atoms with Crippen molar-refractivity contribution in [3.8, 4) is 0 Å². The molecular formula is C9H9N3O. The summed E-state index contributed by atoms with van der Waals surface area (Å²) in [6.45, 7) is 0. The van der Waals surface area contributed by atoms with Crippen LogP contribution in [0.4, 0.5) is 0 Å². The minimum absolute atomic E-state index is 0.163. The zero-order valence-corrected chi connectivity index (χ0v) is 7.19. The minimum atomic E-state index is -0.163. The first-order chi connectivity index (χ1) is 6.33. The number of carbonyl (C=O) groups is 1. The lowest BCUT2D eigenvalue weighted by atomic mass is 10.3. The lowest BCUT2D eigenvalue weighted by Gasteiger charge is -2.00. The van der Waals surface area contributed by atoms with Crippen LogP contribution in [0.25, 0.3) is 5.52 Å². The molecule has 0 unspecified atom stereocenters. The molecule has 0 bridgehead atoms. The van der Waals surface area contributed by atoms with Crippen LogP contribution in [0.2, 0.25) is 0 Å². The van der Waals surface area contributed by atoms with Crippen molar-refractivity contribution in [1.29, 1.82) is 0 Å². The number of fused-ring (bicyclic) bond motifs is 1. The molecule has 1 amide bonds. The highest BCUT2D eigenvalue weighted by Gasteiger charge is 2.08. The molecule has 0 spiro atoms. The van der Waals surface area contributed by atoms with Gasteiger partial charge in [-0.2, -0.15) is 0 Å². The third-order valence-electron chi connectivity index (χ3n) is 1.89. The first-order valence-corrected chi connectivity index (χ1v) is 3.96. The van der Waals surface area contributed by atoms with Crippen LogP contribution in [0.1, 0.15) is 10.5 Å². The van der Waals surface area contributed by atoms with Gasteiger partial charge in [-0.25, -0.2) is 4.98 Å². The largest absolute Gasteiger partial charge is 0.354 e. The maximum absolute atomic E-state index is 11.3. The summed E-state index contributed by atoms with van der Waals surface area (Å²) in [7, 11) is 1.59. The Labute approximate surface area is 75.2 Å². The van der Waals surface area contributed by atoms with Gasteiger partial charge in [-0.1, -0.05) is 0 Å². The molecule has 0 atom stereocenters. The zero-order chi connectivity index (χ0) is 9.26. The Morgan fingerprint density at radius 1 is 1.54 bits per heavy atom. The average molecular weight is 175 g/mol. The minimum Gasteiger partial charge on any atom is -0.354 e. The van der Waals surface area contributed by atoms with Crippen molar-refractivity contribution in [2.24, 2.45) is 0 Å². The van der Waals surface area contributed by atoms with E-state index in [0.717, 1.165) is 5.52 Å². The number of aromatic nitrogens is 2. The molecule has 2 aromatic heterocycles. The normalized spacial score (nSPS) is 10.2. The SMILES string of the molecule is CNC(=O)c1nccn2cccc12. The van der Waals surface area contributed by atoms with Crippen molar-refractivity contribution in [1.82, 2.24) is 14.7 Å². The Bertz CT molecular complexity index is 447. The van der Waals surface area contributed by atoms with E-state index in [1.165, 1.54) is 0 Å². The molecule has 66 valence electrons. The molecule has 0 radical (unpaired) electrons. The maximum atomic E-state index is 11.3. The van der Waals surface area contributed by atoms with Gasteiger partial charge in [0.1, 0.15) is 0 Å². The monoisotopic (exact) mass is 175 g/mol. The molecule has 0 fully saturated rings. The topological polar surface area (TPSA) is 46.4 Å². The predicted octanol–water partition coefficient (Wildman–Crippen LogP) is 0.694. The number of rotatable bonds is 1. The fraction of sp³-hybridized carbons (Fsp3) is 0.111. The Morgan fingerprint density at radius 2 is 2.38 bits per heavy atom. The van der Waals surface area contributed by atoms with Gasteiger partial charge in [0.25, 0.3) is 5.91 Å². The van der Waals surface area contributed by atoms with E-state index >= 15 is 0 Å². The zero-order valence-electron chi connectivity index (χ0n) is 7.19. The second kappa shape index (κ2) is 2.90. The molecule has 0 aliphatic heterocycles. The summed E-state index contributed by atoms with van der Waals surface area (Å²) in [5, 5.41) is 2.55. The van der Waals surface area contributed by atoms with Crippen LogP contribution in [0.3, 0.4) is 0 Å². The third-order valence-corrected chi connectivity index (χ3v) is 1.89. The van der Waals surface area contributed by atoms with Gasteiger partial charge in [-0.3, -0.25) is 4.79 Å². The summed E-state index contributed by atoms with van der Waals surface area (Å²) in [6, 6.07) is 3.74. The van der Waals surface area contributed by atoms with Crippen LogP contribution in [0.5, 0.6) is 0 Å². The van der Waals surface area contributed by atoms with E-state index in [1.807, 2.05) is 28.9 Å². The van der Waals surface area contributed by atoms with E-state index in [9.17, 15) is 4.79 Å². The predicted molar refractivity (Wildman–Crippen MR) is 48.6 cm³/mol. The van der Waals surface area contributed by atoms with Crippen molar-refractivity contribution in [3.63, 3.8) is 0 Å². The van der Waals surface area contributed by atoms with Crippen LogP contribution in [0, 0.1) is 0 Å². The molecule has 2 aromatic rings. The van der Waals surface area contributed by atoms with Gasteiger partial charge in [0, 0.05) is 25.6 Å². The molecule has 13 heavy (non-hydrogen) atoms. The maximum Gasteiger partial charge on any atom is 0.271 e. The number of nitrogens with zero attached hydrogens (tertiary/aromatic N) is 2. The molecule has 0 saturated carbocycles. The highest BCUT2D eigenvalue weighted by molar-refractivity contribution is 5.98. The van der Waals surface area contributed by atoms with E-state index in [-0.39, 0.29) is 5.91 Å². The number of hydrogen-bond acceptors (Lipinski definition) is 2. The number of nitrogens with one attached hydrogen (secondary N) is 1. The molecular weight excluding hydrogens is 166 g/mol. The molecule has 0 aliphatic rings. The summed E-state index contributed by atoms with van der Waals surface area (Å²) in [6.07, 6.45) is 5.29. The van der Waals surface area contributed by atoms with Crippen LogP contribution in [-0.2, 0) is 0 Å². The van der Waals surface area contributed by atoms with Gasteiger partial charge in [-0.15, -0.1) is 0 Å². The molecule has 2 heterocycles. The van der Waals surface area contributed by atoms with Crippen LogP contribution in [-0.4, -0.2) is 22.3 Å². The number of carbonyl (C=O) groups excluding carboxylic acids is 1. The summed E-state index contributed by atoms with van der Waals surface area (Å²) in [4.78, 5) is 15.4. The summed E-state index contributed by atoms with van der Waals surface area (Å²) < 4.78 is 1.86. The summed E-state index contributed by atoms with van der Waals surface area (Å²) in [5.41, 5.74) is 1.27. The van der Waals surface area contributed by atoms with Crippen molar-refractivity contribution in [2.45, 2.75) is 0 Å². The van der Waals surface area contributed by atoms with Gasteiger partial charge >= 0.3 is 0 Å². The molecule has 0 aromatic carbocycles. The molecule has 4 nitrogen and oxygen atoms in total. The van der Waals surface area contributed by atoms with Gasteiger partial charge in [0.2, 0.25) is 0 Å². The second-order valence-corrected chi connectivity index (χ2v) is 2.66. The highest BCUT2D eigenvalue weighted by atomic mass is 16.1. The summed E-state index contributed by atoms with van der Waals surface area (Å²) >= 11 is 0. The van der Waals surface area contributed by atoms with E-state index in [2.05, 4.69) is 10.3 Å².